The molecule has 0 atom stereocenters. The molecule has 13 heteroatoms. The van der Waals surface area contributed by atoms with E-state index < -0.39 is 29.1 Å². The number of hydrogen-bond acceptors (Lipinski definition) is 8. The van der Waals surface area contributed by atoms with Crippen LogP contribution in [-0.4, -0.2) is 67.8 Å². The third kappa shape index (κ3) is 7.57. The molecule has 1 aliphatic heterocycles. The number of piperidine rings is 1. The quantitative estimate of drug-likeness (QED) is 0.120. The average Bonchev–Trinajstić information content (AvgIpc) is 3.79. The van der Waals surface area contributed by atoms with Crippen LogP contribution >= 0.6 is 0 Å². The number of carbonyl (C=O) groups is 2. The molecular formula is C42H38F2N4O6S. The van der Waals surface area contributed by atoms with Gasteiger partial charge in [-0.15, -0.1) is 10.2 Å². The molecule has 3 heterocycles. The van der Waals surface area contributed by atoms with E-state index >= 15 is 0 Å². The molecule has 0 unspecified atom stereocenters. The lowest BCUT2D eigenvalue weighted by Gasteiger charge is -2.30. The number of fused-ring (bicyclic) bond motifs is 1. The van der Waals surface area contributed by atoms with Crippen molar-refractivity contribution in [2.24, 2.45) is 0 Å². The van der Waals surface area contributed by atoms with Gasteiger partial charge in [0.05, 0.1) is 24.1 Å². The van der Waals surface area contributed by atoms with Crippen molar-refractivity contribution in [3.05, 3.63) is 131 Å². The Kier molecular flexibility index (Phi) is 10.5. The zero-order valence-corrected chi connectivity index (χ0v) is 31.3. The highest BCUT2D eigenvalue weighted by Crippen LogP contribution is 2.42. The van der Waals surface area contributed by atoms with Gasteiger partial charge in [0.15, 0.2) is 5.78 Å². The predicted octanol–water partition coefficient (Wildman–Crippen LogP) is 8.66. The van der Waals surface area contributed by atoms with Crippen LogP contribution in [0.3, 0.4) is 0 Å². The second-order valence-corrected chi connectivity index (χ2v) is 15.2. The maximum atomic E-state index is 14.1. The minimum atomic E-state index is -4.01. The molecule has 1 aliphatic rings. The predicted molar refractivity (Wildman–Crippen MR) is 206 cm³/mol. The number of nitrogens with zero attached hydrogens (tertiary/aromatic N) is 4. The summed E-state index contributed by atoms with van der Waals surface area (Å²) >= 11 is 0. The third-order valence-electron chi connectivity index (χ3n) is 9.70. The first kappa shape index (κ1) is 37.4. The highest BCUT2D eigenvalue weighted by atomic mass is 32.2. The summed E-state index contributed by atoms with van der Waals surface area (Å²) < 4.78 is 67.1. The summed E-state index contributed by atoms with van der Waals surface area (Å²) in [5.41, 5.74) is 5.12. The molecule has 1 fully saturated rings. The fraction of sp³-hybridized carbons (Fsp3) is 0.238. The molecule has 2 aromatic heterocycles. The highest BCUT2D eigenvalue weighted by Gasteiger charge is 2.29. The van der Waals surface area contributed by atoms with E-state index in [-0.39, 0.29) is 40.7 Å². The number of carbonyl (C=O) groups excluding carboxylic acids is 2. The van der Waals surface area contributed by atoms with E-state index in [4.69, 9.17) is 8.83 Å². The standard InChI is InChI=1S/C42H38F2N4O6S/c1-4-36(49)39-34-24-33(35(48(22-19-43)55(3,51)52)25-37(34)54-40(39)29-13-15-32(44)16-14-29)30-11-8-12-31(23-30)42(50)47-20-17-28(18-21-47)38(27-9-6-5-7-10-27)41-46-45-26(2)53-41/h5-16,23-25H,4,17-22H2,1-3H3. The van der Waals surface area contributed by atoms with E-state index in [0.29, 0.717) is 65.4 Å². The first-order valence-corrected chi connectivity index (χ1v) is 19.7. The van der Waals surface area contributed by atoms with Crippen molar-refractivity contribution in [1.82, 2.24) is 15.1 Å². The van der Waals surface area contributed by atoms with Crippen molar-refractivity contribution in [3.8, 4) is 22.5 Å². The molecule has 0 N–H and O–H groups in total. The largest absolute Gasteiger partial charge is 0.455 e. The van der Waals surface area contributed by atoms with Crippen molar-refractivity contribution in [2.75, 3.05) is 36.9 Å². The Morgan fingerprint density at radius 1 is 0.873 bits per heavy atom. The number of likely N-dealkylation sites (tertiary alicyclic amines) is 1. The second kappa shape index (κ2) is 15.4. The van der Waals surface area contributed by atoms with Gasteiger partial charge in [-0.2, -0.15) is 0 Å². The number of amides is 1. The van der Waals surface area contributed by atoms with Crippen LogP contribution in [0.4, 0.5) is 14.5 Å². The molecule has 0 aliphatic carbocycles. The molecule has 0 spiro atoms. The molecule has 0 bridgehead atoms. The molecule has 282 valence electrons. The summed E-state index contributed by atoms with van der Waals surface area (Å²) in [6, 6.07) is 25.2. The molecule has 55 heavy (non-hydrogen) atoms. The Bertz CT molecular complexity index is 2540. The lowest BCUT2D eigenvalue weighted by Crippen LogP contribution is -2.36. The van der Waals surface area contributed by atoms with Crippen molar-refractivity contribution < 1.29 is 35.6 Å². The number of aromatic nitrogens is 2. The zero-order chi connectivity index (χ0) is 38.9. The maximum Gasteiger partial charge on any atom is 0.253 e. The number of rotatable bonds is 11. The summed E-state index contributed by atoms with van der Waals surface area (Å²) in [5, 5.41) is 8.72. The van der Waals surface area contributed by atoms with Crippen molar-refractivity contribution in [1.29, 1.82) is 0 Å². The Balaban J connectivity index is 1.29. The van der Waals surface area contributed by atoms with Gasteiger partial charge >= 0.3 is 0 Å². The number of aryl methyl sites for hydroxylation is 1. The molecule has 6 aromatic rings. The Morgan fingerprint density at radius 2 is 1.58 bits per heavy atom. The average molecular weight is 765 g/mol. The summed E-state index contributed by atoms with van der Waals surface area (Å²) in [6.45, 7) is 2.87. The van der Waals surface area contributed by atoms with E-state index in [1.165, 1.54) is 30.3 Å². The van der Waals surface area contributed by atoms with Gasteiger partial charge < -0.3 is 13.7 Å². The number of benzene rings is 4. The first-order valence-electron chi connectivity index (χ1n) is 17.9. The van der Waals surface area contributed by atoms with Gasteiger partial charge in [0.2, 0.25) is 21.8 Å². The van der Waals surface area contributed by atoms with E-state index in [9.17, 15) is 26.8 Å². The van der Waals surface area contributed by atoms with E-state index in [1.54, 1.807) is 49.1 Å². The number of halogens is 2. The van der Waals surface area contributed by atoms with E-state index in [0.717, 1.165) is 27.3 Å². The van der Waals surface area contributed by atoms with Crippen molar-refractivity contribution in [2.45, 2.75) is 33.1 Å². The normalized spacial score (nSPS) is 13.3. The van der Waals surface area contributed by atoms with Crippen LogP contribution in [0.1, 0.15) is 64.2 Å². The molecule has 4 aromatic carbocycles. The van der Waals surface area contributed by atoms with E-state index in [2.05, 4.69) is 10.2 Å². The number of sulfonamides is 1. The second-order valence-electron chi connectivity index (χ2n) is 13.3. The SMILES string of the molecule is CCC(=O)c1c(-c2ccc(F)cc2)oc2cc(N(CCF)S(C)(=O)=O)c(-c3cccc(C(=O)N4CCC(=C(c5ccccc5)c5nnc(C)o5)CC4)c3)cc12. The van der Waals surface area contributed by atoms with Crippen molar-refractivity contribution in [3.63, 3.8) is 0 Å². The first-order chi connectivity index (χ1) is 26.5. The number of ketones is 1. The van der Waals surface area contributed by atoms with Gasteiger partial charge in [0.1, 0.15) is 23.8 Å². The Morgan fingerprint density at radius 3 is 2.22 bits per heavy atom. The maximum absolute atomic E-state index is 14.1. The van der Waals surface area contributed by atoms with Crippen LogP contribution in [0.5, 0.6) is 0 Å². The number of Topliss-reactive ketones (excluding diaryl/α,β-unsaturated/α-hetero) is 1. The van der Waals surface area contributed by atoms with Gasteiger partial charge in [-0.05, 0) is 66.4 Å². The lowest BCUT2D eigenvalue weighted by atomic mass is 9.92. The van der Waals surface area contributed by atoms with Gasteiger partial charge in [-0.3, -0.25) is 13.9 Å². The molecule has 0 saturated carbocycles. The van der Waals surface area contributed by atoms with Crippen LogP contribution in [0, 0.1) is 12.7 Å². The molecule has 1 amide bonds. The van der Waals surface area contributed by atoms with Gasteiger partial charge in [-0.1, -0.05) is 55.0 Å². The van der Waals surface area contributed by atoms with Crippen LogP contribution in [-0.2, 0) is 10.0 Å². The monoisotopic (exact) mass is 764 g/mol. The highest BCUT2D eigenvalue weighted by molar-refractivity contribution is 7.92. The van der Waals surface area contributed by atoms with Crippen LogP contribution in [0.15, 0.2) is 105 Å². The smallest absolute Gasteiger partial charge is 0.253 e. The van der Waals surface area contributed by atoms with Crippen LogP contribution in [0.2, 0.25) is 0 Å². The number of hydrogen-bond donors (Lipinski definition) is 0. The third-order valence-corrected chi connectivity index (χ3v) is 10.9. The van der Waals surface area contributed by atoms with Gasteiger partial charge in [0.25, 0.3) is 5.91 Å². The van der Waals surface area contributed by atoms with Gasteiger partial charge in [0, 0.05) is 60.2 Å². The lowest BCUT2D eigenvalue weighted by molar-refractivity contribution is 0.0743. The summed E-state index contributed by atoms with van der Waals surface area (Å²) in [5.74, 6) is 0.167. The minimum Gasteiger partial charge on any atom is -0.455 e. The fourth-order valence-electron chi connectivity index (χ4n) is 7.08. The van der Waals surface area contributed by atoms with Gasteiger partial charge in [-0.25, -0.2) is 17.2 Å². The Hall–Kier alpha value is -5.95. The summed E-state index contributed by atoms with van der Waals surface area (Å²) in [4.78, 5) is 29.3. The minimum absolute atomic E-state index is 0.115. The molecule has 7 rings (SSSR count). The Labute approximate surface area is 317 Å². The molecule has 0 radical (unpaired) electrons. The number of anilines is 1. The topological polar surface area (TPSA) is 127 Å². The molecule has 10 nitrogen and oxygen atoms in total. The number of alkyl halides is 1. The fourth-order valence-corrected chi connectivity index (χ4v) is 7.99. The number of furan rings is 1. The molecular weight excluding hydrogens is 727 g/mol. The summed E-state index contributed by atoms with van der Waals surface area (Å²) in [7, 11) is -4.01. The van der Waals surface area contributed by atoms with Crippen LogP contribution in [0.25, 0.3) is 39.0 Å². The zero-order valence-electron chi connectivity index (χ0n) is 30.5. The van der Waals surface area contributed by atoms with Crippen LogP contribution < -0.4 is 4.31 Å². The molecule has 1 saturated heterocycles. The van der Waals surface area contributed by atoms with Crippen molar-refractivity contribution >= 4 is 43.9 Å². The van der Waals surface area contributed by atoms with E-state index in [1.807, 2.05) is 30.3 Å². The summed E-state index contributed by atoms with van der Waals surface area (Å²) in [6.07, 6.45) is 2.27.